The summed E-state index contributed by atoms with van der Waals surface area (Å²) in [5.74, 6) is 1.80. The number of nitrogens with one attached hydrogen (secondary N) is 1. The number of benzene rings is 1. The molecular formula is C14H20N2O2. The van der Waals surface area contributed by atoms with Crippen LogP contribution in [0.2, 0.25) is 0 Å². The molecule has 2 aliphatic rings. The molecule has 0 spiro atoms. The van der Waals surface area contributed by atoms with Crippen molar-refractivity contribution < 1.29 is 9.47 Å². The van der Waals surface area contributed by atoms with Crippen molar-refractivity contribution in [2.75, 3.05) is 33.0 Å². The van der Waals surface area contributed by atoms with Gasteiger partial charge in [0.2, 0.25) is 6.79 Å². The molecule has 1 aromatic rings. The first kappa shape index (κ1) is 11.8. The monoisotopic (exact) mass is 248 g/mol. The van der Waals surface area contributed by atoms with E-state index in [1.54, 1.807) is 0 Å². The topological polar surface area (TPSA) is 33.7 Å². The van der Waals surface area contributed by atoms with Crippen molar-refractivity contribution in [3.05, 3.63) is 23.3 Å². The molecule has 0 bridgehead atoms. The Bertz CT molecular complexity index is 428. The van der Waals surface area contributed by atoms with Crippen molar-refractivity contribution in [3.8, 4) is 11.5 Å². The molecule has 0 amide bonds. The number of hydrogen-bond donors (Lipinski definition) is 1. The van der Waals surface area contributed by atoms with Crippen molar-refractivity contribution in [3.63, 3.8) is 0 Å². The Kier molecular flexibility index (Phi) is 3.39. The van der Waals surface area contributed by atoms with Crippen molar-refractivity contribution in [1.82, 2.24) is 10.2 Å². The van der Waals surface area contributed by atoms with Crippen LogP contribution in [0.15, 0.2) is 12.1 Å². The fourth-order valence-corrected chi connectivity index (χ4v) is 2.61. The number of fused-ring (bicyclic) bond motifs is 1. The smallest absolute Gasteiger partial charge is 0.231 e. The van der Waals surface area contributed by atoms with Gasteiger partial charge in [-0.2, -0.15) is 0 Å². The SMILES string of the molecule is CCc1cc2c(cc1CN1CCNCC1)OCO2. The van der Waals surface area contributed by atoms with Gasteiger partial charge in [0.15, 0.2) is 11.5 Å². The number of piperazine rings is 1. The van der Waals surface area contributed by atoms with Crippen LogP contribution in [0.25, 0.3) is 0 Å². The Morgan fingerprint density at radius 1 is 1.11 bits per heavy atom. The minimum Gasteiger partial charge on any atom is -0.454 e. The van der Waals surface area contributed by atoms with Crippen molar-refractivity contribution >= 4 is 0 Å². The summed E-state index contributed by atoms with van der Waals surface area (Å²) in [5.41, 5.74) is 2.75. The van der Waals surface area contributed by atoms with E-state index in [2.05, 4.69) is 29.3 Å². The summed E-state index contributed by atoms with van der Waals surface area (Å²) in [6.45, 7) is 7.99. The molecule has 18 heavy (non-hydrogen) atoms. The van der Waals surface area contributed by atoms with E-state index in [0.29, 0.717) is 6.79 Å². The molecule has 1 saturated heterocycles. The molecule has 3 rings (SSSR count). The maximum Gasteiger partial charge on any atom is 0.231 e. The number of hydrogen-bond acceptors (Lipinski definition) is 4. The van der Waals surface area contributed by atoms with Gasteiger partial charge in [0, 0.05) is 32.7 Å². The Morgan fingerprint density at radius 3 is 2.44 bits per heavy atom. The summed E-state index contributed by atoms with van der Waals surface area (Å²) in [6, 6.07) is 4.29. The van der Waals surface area contributed by atoms with E-state index < -0.39 is 0 Å². The second kappa shape index (κ2) is 5.16. The zero-order valence-electron chi connectivity index (χ0n) is 10.9. The fourth-order valence-electron chi connectivity index (χ4n) is 2.61. The normalized spacial score (nSPS) is 19.2. The molecule has 0 unspecified atom stereocenters. The van der Waals surface area contributed by atoms with E-state index in [-0.39, 0.29) is 0 Å². The third-order valence-corrected chi connectivity index (χ3v) is 3.68. The lowest BCUT2D eigenvalue weighted by atomic mass is 10.0. The van der Waals surface area contributed by atoms with Gasteiger partial charge in [0.05, 0.1) is 0 Å². The molecule has 0 aliphatic carbocycles. The first-order chi connectivity index (χ1) is 8.86. The Labute approximate surface area is 108 Å². The van der Waals surface area contributed by atoms with E-state index in [1.807, 2.05) is 0 Å². The average Bonchev–Trinajstić information content (AvgIpc) is 2.86. The van der Waals surface area contributed by atoms with Gasteiger partial charge in [-0.3, -0.25) is 4.90 Å². The molecule has 4 nitrogen and oxygen atoms in total. The summed E-state index contributed by atoms with van der Waals surface area (Å²) in [5, 5.41) is 3.38. The summed E-state index contributed by atoms with van der Waals surface area (Å²) < 4.78 is 10.9. The standard InChI is InChI=1S/C14H20N2O2/c1-2-11-7-13-14(18-10-17-13)8-12(11)9-16-5-3-15-4-6-16/h7-8,15H,2-6,9-10H2,1H3. The lowest BCUT2D eigenvalue weighted by Crippen LogP contribution is -2.43. The van der Waals surface area contributed by atoms with Crippen molar-refractivity contribution in [1.29, 1.82) is 0 Å². The second-order valence-electron chi connectivity index (χ2n) is 4.85. The molecule has 2 heterocycles. The van der Waals surface area contributed by atoms with Crippen LogP contribution in [0, 0.1) is 0 Å². The molecule has 1 fully saturated rings. The molecule has 1 aromatic carbocycles. The van der Waals surface area contributed by atoms with Gasteiger partial charge in [0.25, 0.3) is 0 Å². The van der Waals surface area contributed by atoms with E-state index in [4.69, 9.17) is 9.47 Å². The highest BCUT2D eigenvalue weighted by Crippen LogP contribution is 2.35. The third-order valence-electron chi connectivity index (χ3n) is 3.68. The number of aryl methyl sites for hydroxylation is 1. The van der Waals surface area contributed by atoms with Crippen molar-refractivity contribution in [2.24, 2.45) is 0 Å². The molecule has 1 N–H and O–H groups in total. The predicted molar refractivity (Wildman–Crippen MR) is 70.1 cm³/mol. The van der Waals surface area contributed by atoms with Crippen LogP contribution in [0.4, 0.5) is 0 Å². The average molecular weight is 248 g/mol. The Morgan fingerprint density at radius 2 is 1.78 bits per heavy atom. The first-order valence-corrected chi connectivity index (χ1v) is 6.71. The van der Waals surface area contributed by atoms with Crippen LogP contribution in [0.1, 0.15) is 18.1 Å². The number of rotatable bonds is 3. The summed E-state index contributed by atoms with van der Waals surface area (Å²) in [6.07, 6.45) is 1.04. The van der Waals surface area contributed by atoms with Crippen LogP contribution >= 0.6 is 0 Å². The number of nitrogens with zero attached hydrogens (tertiary/aromatic N) is 1. The summed E-state index contributed by atoms with van der Waals surface area (Å²) >= 11 is 0. The molecule has 4 heteroatoms. The largest absolute Gasteiger partial charge is 0.454 e. The van der Waals surface area contributed by atoms with Crippen LogP contribution in [-0.4, -0.2) is 37.9 Å². The molecular weight excluding hydrogens is 228 g/mol. The molecule has 0 aromatic heterocycles. The summed E-state index contributed by atoms with van der Waals surface area (Å²) in [7, 11) is 0. The molecule has 0 radical (unpaired) electrons. The van der Waals surface area contributed by atoms with Crippen molar-refractivity contribution in [2.45, 2.75) is 19.9 Å². The van der Waals surface area contributed by atoms with Gasteiger partial charge in [-0.1, -0.05) is 6.92 Å². The highest BCUT2D eigenvalue weighted by molar-refractivity contribution is 5.48. The second-order valence-corrected chi connectivity index (χ2v) is 4.85. The van der Waals surface area contributed by atoms with Crippen LogP contribution < -0.4 is 14.8 Å². The van der Waals surface area contributed by atoms with E-state index >= 15 is 0 Å². The zero-order chi connectivity index (χ0) is 12.4. The summed E-state index contributed by atoms with van der Waals surface area (Å²) in [4.78, 5) is 2.49. The van der Waals surface area contributed by atoms with Gasteiger partial charge >= 0.3 is 0 Å². The van der Waals surface area contributed by atoms with Gasteiger partial charge in [-0.15, -0.1) is 0 Å². The maximum absolute atomic E-state index is 5.47. The quantitative estimate of drug-likeness (QED) is 0.876. The highest BCUT2D eigenvalue weighted by Gasteiger charge is 2.18. The van der Waals surface area contributed by atoms with Crippen LogP contribution in [-0.2, 0) is 13.0 Å². The number of ether oxygens (including phenoxy) is 2. The molecule has 0 atom stereocenters. The fraction of sp³-hybridized carbons (Fsp3) is 0.571. The van der Waals surface area contributed by atoms with E-state index in [0.717, 1.165) is 50.6 Å². The molecule has 2 aliphatic heterocycles. The van der Waals surface area contributed by atoms with Gasteiger partial charge in [0.1, 0.15) is 0 Å². The maximum atomic E-state index is 5.47. The van der Waals surface area contributed by atoms with Gasteiger partial charge in [-0.25, -0.2) is 0 Å². The molecule has 98 valence electrons. The lowest BCUT2D eigenvalue weighted by molar-refractivity contribution is 0.174. The highest BCUT2D eigenvalue weighted by atomic mass is 16.7. The van der Waals surface area contributed by atoms with Gasteiger partial charge < -0.3 is 14.8 Å². The zero-order valence-corrected chi connectivity index (χ0v) is 10.9. The molecule has 0 saturated carbocycles. The van der Waals surface area contributed by atoms with Crippen LogP contribution in [0.3, 0.4) is 0 Å². The minimum absolute atomic E-state index is 0.357. The predicted octanol–water partition coefficient (Wildman–Crippen LogP) is 1.38. The Hall–Kier alpha value is -1.26. The van der Waals surface area contributed by atoms with E-state index in [9.17, 15) is 0 Å². The minimum atomic E-state index is 0.357. The Balaban J connectivity index is 1.81. The van der Waals surface area contributed by atoms with E-state index in [1.165, 1.54) is 11.1 Å². The van der Waals surface area contributed by atoms with Gasteiger partial charge in [-0.05, 0) is 29.7 Å². The third kappa shape index (κ3) is 2.31. The first-order valence-electron chi connectivity index (χ1n) is 6.71. The van der Waals surface area contributed by atoms with Crippen LogP contribution in [0.5, 0.6) is 11.5 Å². The lowest BCUT2D eigenvalue weighted by Gasteiger charge is -2.28.